The van der Waals surface area contributed by atoms with Crippen LogP contribution >= 0.6 is 0 Å². The summed E-state index contributed by atoms with van der Waals surface area (Å²) in [6.45, 7) is 2.74. The molecule has 34 heavy (non-hydrogen) atoms. The number of nitrogens with zero attached hydrogens (tertiary/aromatic N) is 4. The number of pyridine rings is 2. The Kier molecular flexibility index (Phi) is 7.02. The van der Waals surface area contributed by atoms with E-state index in [1.54, 1.807) is 19.5 Å². The Balaban J connectivity index is 1.86. The number of aliphatic imine (C=N–C) groups is 1. The highest BCUT2D eigenvalue weighted by molar-refractivity contribution is 6.15. The van der Waals surface area contributed by atoms with Gasteiger partial charge >= 0.3 is 0 Å². The van der Waals surface area contributed by atoms with Crippen LogP contribution in [0.2, 0.25) is 0 Å². The minimum atomic E-state index is -0.656. The summed E-state index contributed by atoms with van der Waals surface area (Å²) in [4.78, 5) is 27.7. The zero-order valence-corrected chi connectivity index (χ0v) is 19.5. The second kappa shape index (κ2) is 10.1. The van der Waals surface area contributed by atoms with E-state index in [9.17, 15) is 9.18 Å². The smallest absolute Gasteiger partial charge is 0.232 e. The minimum absolute atomic E-state index is 0.137. The molecule has 0 aliphatic carbocycles. The van der Waals surface area contributed by atoms with Gasteiger partial charge in [0.25, 0.3) is 0 Å². The van der Waals surface area contributed by atoms with Crippen molar-refractivity contribution in [1.29, 1.82) is 0 Å². The molecule has 4 heterocycles. The summed E-state index contributed by atoms with van der Waals surface area (Å²) in [5, 5.41) is 0.682. The lowest BCUT2D eigenvalue weighted by Gasteiger charge is -2.36. The van der Waals surface area contributed by atoms with Crippen LogP contribution in [0.1, 0.15) is 47.9 Å². The van der Waals surface area contributed by atoms with E-state index in [0.717, 1.165) is 30.9 Å². The van der Waals surface area contributed by atoms with Gasteiger partial charge in [-0.05, 0) is 37.5 Å². The van der Waals surface area contributed by atoms with E-state index in [4.69, 9.17) is 14.9 Å². The first kappa shape index (κ1) is 23.6. The number of nitrogens with two attached hydrogens (primary N) is 1. The van der Waals surface area contributed by atoms with Gasteiger partial charge in [-0.15, -0.1) is 0 Å². The van der Waals surface area contributed by atoms with Gasteiger partial charge in [-0.2, -0.15) is 4.39 Å². The number of rotatable bonds is 7. The van der Waals surface area contributed by atoms with Crippen LogP contribution in [-0.2, 0) is 4.74 Å². The van der Waals surface area contributed by atoms with E-state index in [1.807, 2.05) is 13.1 Å². The van der Waals surface area contributed by atoms with E-state index in [1.165, 1.54) is 18.5 Å². The summed E-state index contributed by atoms with van der Waals surface area (Å²) in [6.07, 6.45) is 8.65. The normalized spacial score (nSPS) is 19.1. The topological polar surface area (TPSA) is 107 Å². The molecule has 0 amide bonds. The standard InChI is InChI=1S/C25H28FN5O3/c1-4-19-10-18(7-8-33-19)31(3)22-20-9-16(17(11-27)12-28-2)14-30-25(20)34-24(22)23(32)15-5-6-21(26)29-13-15/h5-6,9,11-14,18-19H,4,7-8,10,27H2,1-3H3/b17-11+,28-12?. The number of ketones is 1. The number of fused-ring (bicyclic) bond motifs is 1. The maximum absolute atomic E-state index is 13.4. The largest absolute Gasteiger partial charge is 0.432 e. The Morgan fingerprint density at radius 1 is 1.32 bits per heavy atom. The molecule has 0 bridgehead atoms. The summed E-state index contributed by atoms with van der Waals surface area (Å²) in [5.74, 6) is -0.911. The van der Waals surface area contributed by atoms with Crippen LogP contribution in [0.15, 0.2) is 46.2 Å². The Bertz CT molecular complexity index is 1240. The van der Waals surface area contributed by atoms with Gasteiger partial charge in [0.05, 0.1) is 17.2 Å². The number of hydrogen-bond acceptors (Lipinski definition) is 8. The first-order chi connectivity index (χ1) is 16.5. The molecular weight excluding hydrogens is 437 g/mol. The monoisotopic (exact) mass is 465 g/mol. The molecule has 1 aliphatic heterocycles. The molecule has 2 atom stereocenters. The first-order valence-corrected chi connectivity index (χ1v) is 11.2. The van der Waals surface area contributed by atoms with Crippen molar-refractivity contribution < 1.29 is 18.3 Å². The SMILES string of the molecule is CCC1CC(N(C)c2c(C(=O)c3ccc(F)nc3)oc3ncc(/C(C=NC)=C/N)cc23)CCO1. The molecular formula is C25H28FN5O3. The molecule has 0 radical (unpaired) electrons. The van der Waals surface area contributed by atoms with E-state index in [2.05, 4.69) is 26.8 Å². The Hall–Kier alpha value is -3.59. The van der Waals surface area contributed by atoms with Gasteiger partial charge in [0.15, 0.2) is 0 Å². The number of halogens is 1. The third kappa shape index (κ3) is 4.56. The summed E-state index contributed by atoms with van der Waals surface area (Å²) in [6, 6.07) is 4.59. The van der Waals surface area contributed by atoms with Crippen molar-refractivity contribution in [1.82, 2.24) is 9.97 Å². The summed E-state index contributed by atoms with van der Waals surface area (Å²) >= 11 is 0. The van der Waals surface area contributed by atoms with Crippen LogP contribution in [0, 0.1) is 5.95 Å². The van der Waals surface area contributed by atoms with Crippen LogP contribution in [0.25, 0.3) is 16.7 Å². The number of anilines is 1. The maximum atomic E-state index is 13.4. The third-order valence-electron chi connectivity index (χ3n) is 6.19. The predicted octanol–water partition coefficient (Wildman–Crippen LogP) is 3.99. The van der Waals surface area contributed by atoms with Crippen LogP contribution in [0.4, 0.5) is 10.1 Å². The Labute approximate surface area is 197 Å². The first-order valence-electron chi connectivity index (χ1n) is 11.2. The molecule has 8 nitrogen and oxygen atoms in total. The Morgan fingerprint density at radius 3 is 2.79 bits per heavy atom. The lowest BCUT2D eigenvalue weighted by Crippen LogP contribution is -2.40. The molecule has 178 valence electrons. The van der Waals surface area contributed by atoms with Crippen LogP contribution in [0.5, 0.6) is 0 Å². The second-order valence-electron chi connectivity index (χ2n) is 8.25. The predicted molar refractivity (Wildman–Crippen MR) is 130 cm³/mol. The van der Waals surface area contributed by atoms with Gasteiger partial charge < -0.3 is 19.8 Å². The van der Waals surface area contributed by atoms with Gasteiger partial charge in [-0.3, -0.25) is 9.79 Å². The van der Waals surface area contributed by atoms with Crippen molar-refractivity contribution in [3.05, 3.63) is 59.6 Å². The molecule has 2 N–H and O–H groups in total. The quantitative estimate of drug-likeness (QED) is 0.319. The molecule has 9 heteroatoms. The molecule has 4 rings (SSSR count). The van der Waals surface area contributed by atoms with Crippen molar-refractivity contribution in [3.63, 3.8) is 0 Å². The molecule has 3 aromatic rings. The lowest BCUT2D eigenvalue weighted by molar-refractivity contribution is 0.00548. The summed E-state index contributed by atoms with van der Waals surface area (Å²) in [5.41, 5.74) is 8.43. The average Bonchev–Trinajstić information content (AvgIpc) is 3.25. The number of carbonyl (C=O) groups is 1. The second-order valence-corrected chi connectivity index (χ2v) is 8.25. The molecule has 1 saturated heterocycles. The molecule has 0 aromatic carbocycles. The van der Waals surface area contributed by atoms with Gasteiger partial charge in [-0.25, -0.2) is 9.97 Å². The number of hydrogen-bond donors (Lipinski definition) is 1. The molecule has 2 unspecified atom stereocenters. The fraction of sp³-hybridized carbons (Fsp3) is 0.360. The third-order valence-corrected chi connectivity index (χ3v) is 6.19. The van der Waals surface area contributed by atoms with Crippen molar-refractivity contribution in [3.8, 4) is 0 Å². The van der Waals surface area contributed by atoms with Crippen LogP contribution < -0.4 is 10.6 Å². The summed E-state index contributed by atoms with van der Waals surface area (Å²) < 4.78 is 25.2. The fourth-order valence-corrected chi connectivity index (χ4v) is 4.31. The average molecular weight is 466 g/mol. The van der Waals surface area contributed by atoms with Gasteiger partial charge in [0.1, 0.15) is 0 Å². The van der Waals surface area contributed by atoms with Gasteiger partial charge in [-0.1, -0.05) is 6.92 Å². The number of carbonyl (C=O) groups excluding carboxylic acids is 1. The number of allylic oxidation sites excluding steroid dienone is 1. The van der Waals surface area contributed by atoms with Crippen LogP contribution in [0.3, 0.4) is 0 Å². The number of aromatic nitrogens is 2. The van der Waals surface area contributed by atoms with E-state index >= 15 is 0 Å². The summed E-state index contributed by atoms with van der Waals surface area (Å²) in [7, 11) is 3.61. The van der Waals surface area contributed by atoms with Crippen molar-refractivity contribution in [2.24, 2.45) is 10.7 Å². The molecule has 0 spiro atoms. The van der Waals surface area contributed by atoms with Gasteiger partial charge in [0, 0.05) is 68.3 Å². The van der Waals surface area contributed by atoms with Crippen molar-refractivity contribution >= 4 is 34.4 Å². The zero-order chi connectivity index (χ0) is 24.2. The van der Waals surface area contributed by atoms with Crippen molar-refractivity contribution in [2.75, 3.05) is 25.6 Å². The number of ether oxygens (including phenoxy) is 1. The highest BCUT2D eigenvalue weighted by Gasteiger charge is 2.31. The maximum Gasteiger partial charge on any atom is 0.232 e. The van der Waals surface area contributed by atoms with Crippen molar-refractivity contribution in [2.45, 2.75) is 38.3 Å². The fourth-order valence-electron chi connectivity index (χ4n) is 4.31. The van der Waals surface area contributed by atoms with E-state index in [-0.39, 0.29) is 23.5 Å². The molecule has 1 fully saturated rings. The lowest BCUT2D eigenvalue weighted by atomic mass is 9.98. The number of furan rings is 1. The molecule has 3 aromatic heterocycles. The molecule has 0 saturated carbocycles. The zero-order valence-electron chi connectivity index (χ0n) is 19.5. The van der Waals surface area contributed by atoms with E-state index < -0.39 is 11.7 Å². The van der Waals surface area contributed by atoms with Crippen LogP contribution in [-0.4, -0.2) is 54.8 Å². The highest BCUT2D eigenvalue weighted by atomic mass is 19.1. The molecule has 1 aliphatic rings. The van der Waals surface area contributed by atoms with Gasteiger partial charge in [0.2, 0.25) is 23.2 Å². The highest BCUT2D eigenvalue weighted by Crippen LogP contribution is 2.38. The Morgan fingerprint density at radius 2 is 2.12 bits per heavy atom. The van der Waals surface area contributed by atoms with E-state index in [0.29, 0.717) is 29.0 Å². The minimum Gasteiger partial charge on any atom is -0.432 e.